The Morgan fingerprint density at radius 2 is 1.92 bits per heavy atom. The molecule has 1 amide bonds. The SMILES string of the molecule is Cc1cccc2c1N(C(=O)c1cc(S(=O)(=O)N(C)C)ccc1Cl)CCC2. The van der Waals surface area contributed by atoms with Crippen molar-refractivity contribution in [3.8, 4) is 0 Å². The lowest BCUT2D eigenvalue weighted by atomic mass is 9.97. The minimum atomic E-state index is -3.65. The Kier molecular flexibility index (Phi) is 5.10. The lowest BCUT2D eigenvalue weighted by molar-refractivity contribution is 0.0985. The van der Waals surface area contributed by atoms with Gasteiger partial charge in [-0.3, -0.25) is 4.79 Å². The Bertz CT molecular complexity index is 971. The van der Waals surface area contributed by atoms with Gasteiger partial charge in [0.15, 0.2) is 0 Å². The van der Waals surface area contributed by atoms with Crippen molar-refractivity contribution in [2.75, 3.05) is 25.5 Å². The molecule has 1 heterocycles. The average molecular weight is 393 g/mol. The van der Waals surface area contributed by atoms with Crippen LogP contribution in [0.15, 0.2) is 41.3 Å². The summed E-state index contributed by atoms with van der Waals surface area (Å²) in [5, 5.41) is 0.244. The molecule has 7 heteroatoms. The molecule has 138 valence electrons. The second-order valence-electron chi connectivity index (χ2n) is 6.57. The van der Waals surface area contributed by atoms with Crippen molar-refractivity contribution in [3.63, 3.8) is 0 Å². The van der Waals surface area contributed by atoms with E-state index in [2.05, 4.69) is 0 Å². The highest BCUT2D eigenvalue weighted by atomic mass is 35.5. The molecule has 3 rings (SSSR count). The molecule has 0 atom stereocenters. The Morgan fingerprint density at radius 3 is 2.62 bits per heavy atom. The smallest absolute Gasteiger partial charge is 0.259 e. The quantitative estimate of drug-likeness (QED) is 0.803. The van der Waals surface area contributed by atoms with E-state index < -0.39 is 10.0 Å². The summed E-state index contributed by atoms with van der Waals surface area (Å²) >= 11 is 6.25. The third kappa shape index (κ3) is 3.24. The van der Waals surface area contributed by atoms with Crippen LogP contribution in [0.5, 0.6) is 0 Å². The van der Waals surface area contributed by atoms with E-state index in [0.717, 1.165) is 34.0 Å². The zero-order valence-corrected chi connectivity index (χ0v) is 16.6. The Morgan fingerprint density at radius 1 is 1.19 bits per heavy atom. The molecule has 0 radical (unpaired) electrons. The zero-order valence-electron chi connectivity index (χ0n) is 15.0. The normalized spacial score (nSPS) is 14.4. The van der Waals surface area contributed by atoms with Gasteiger partial charge in [-0.1, -0.05) is 29.8 Å². The van der Waals surface area contributed by atoms with Crippen molar-refractivity contribution in [3.05, 3.63) is 58.1 Å². The van der Waals surface area contributed by atoms with E-state index in [0.29, 0.717) is 6.54 Å². The number of carbonyl (C=O) groups excluding carboxylic acids is 1. The average Bonchev–Trinajstić information content (AvgIpc) is 2.61. The molecule has 1 aliphatic rings. The second-order valence-corrected chi connectivity index (χ2v) is 9.13. The maximum Gasteiger partial charge on any atom is 0.259 e. The first-order chi connectivity index (χ1) is 12.2. The number of carbonyl (C=O) groups is 1. The van der Waals surface area contributed by atoms with Crippen LogP contribution in [0.2, 0.25) is 5.02 Å². The lowest BCUT2D eigenvalue weighted by Crippen LogP contribution is -2.36. The number of hydrogen-bond acceptors (Lipinski definition) is 3. The van der Waals surface area contributed by atoms with Gasteiger partial charge in [-0.2, -0.15) is 0 Å². The fourth-order valence-corrected chi connectivity index (χ4v) is 4.36. The molecule has 0 bridgehead atoms. The molecule has 0 spiro atoms. The number of aryl methyl sites for hydroxylation is 2. The molecule has 2 aromatic rings. The number of anilines is 1. The summed E-state index contributed by atoms with van der Waals surface area (Å²) in [6, 6.07) is 10.2. The van der Waals surface area contributed by atoms with Gasteiger partial charge in [-0.15, -0.1) is 0 Å². The van der Waals surface area contributed by atoms with Gasteiger partial charge in [0.1, 0.15) is 0 Å². The monoisotopic (exact) mass is 392 g/mol. The largest absolute Gasteiger partial charge is 0.308 e. The van der Waals surface area contributed by atoms with E-state index in [9.17, 15) is 13.2 Å². The number of hydrogen-bond donors (Lipinski definition) is 0. The molecule has 0 aromatic heterocycles. The number of para-hydroxylation sites is 1. The van der Waals surface area contributed by atoms with Crippen LogP contribution in [-0.4, -0.2) is 39.3 Å². The van der Waals surface area contributed by atoms with Crippen molar-refractivity contribution >= 4 is 33.2 Å². The number of fused-ring (bicyclic) bond motifs is 1. The third-order valence-corrected chi connectivity index (χ3v) is 6.75. The first-order valence-corrected chi connectivity index (χ1v) is 10.2. The van der Waals surface area contributed by atoms with Crippen molar-refractivity contribution in [1.29, 1.82) is 0 Å². The summed E-state index contributed by atoms with van der Waals surface area (Å²) in [6.07, 6.45) is 1.78. The van der Waals surface area contributed by atoms with Crippen LogP contribution >= 0.6 is 11.6 Å². The van der Waals surface area contributed by atoms with E-state index in [-0.39, 0.29) is 21.4 Å². The fraction of sp³-hybridized carbons (Fsp3) is 0.316. The molecular formula is C19H21ClN2O3S. The highest BCUT2D eigenvalue weighted by Crippen LogP contribution is 2.33. The number of amides is 1. The first-order valence-electron chi connectivity index (χ1n) is 8.36. The van der Waals surface area contributed by atoms with Crippen LogP contribution < -0.4 is 4.90 Å². The topological polar surface area (TPSA) is 57.7 Å². The second kappa shape index (κ2) is 7.02. The van der Waals surface area contributed by atoms with Gasteiger partial charge < -0.3 is 4.90 Å². The minimum Gasteiger partial charge on any atom is -0.308 e. The van der Waals surface area contributed by atoms with Crippen molar-refractivity contribution in [2.24, 2.45) is 0 Å². The van der Waals surface area contributed by atoms with E-state index >= 15 is 0 Å². The highest BCUT2D eigenvalue weighted by Gasteiger charge is 2.28. The molecule has 2 aromatic carbocycles. The maximum atomic E-state index is 13.2. The summed E-state index contributed by atoms with van der Waals surface area (Å²) in [5.41, 5.74) is 3.24. The van der Waals surface area contributed by atoms with Crippen molar-refractivity contribution in [1.82, 2.24) is 4.31 Å². The third-order valence-electron chi connectivity index (χ3n) is 4.61. The zero-order chi connectivity index (χ0) is 19.1. The number of rotatable bonds is 3. The van der Waals surface area contributed by atoms with Gasteiger partial charge in [0.2, 0.25) is 10.0 Å². The van der Waals surface area contributed by atoms with Crippen LogP contribution in [0, 0.1) is 6.92 Å². The van der Waals surface area contributed by atoms with Gasteiger partial charge in [0, 0.05) is 20.6 Å². The molecule has 0 N–H and O–H groups in total. The van der Waals surface area contributed by atoms with Crippen LogP contribution in [0.3, 0.4) is 0 Å². The molecule has 0 fully saturated rings. The molecule has 26 heavy (non-hydrogen) atoms. The van der Waals surface area contributed by atoms with E-state index in [1.165, 1.54) is 32.3 Å². The van der Waals surface area contributed by atoms with Gasteiger partial charge >= 0.3 is 0 Å². The number of sulfonamides is 1. The standard InChI is InChI=1S/C19H21ClN2O3S/c1-13-6-4-7-14-8-5-11-22(18(13)14)19(23)16-12-15(9-10-17(16)20)26(24,25)21(2)3/h4,6-7,9-10,12H,5,8,11H2,1-3H3. The van der Waals surface area contributed by atoms with Gasteiger partial charge in [0.25, 0.3) is 5.91 Å². The van der Waals surface area contributed by atoms with Crippen molar-refractivity contribution < 1.29 is 13.2 Å². The summed E-state index contributed by atoms with van der Waals surface area (Å²) in [7, 11) is -0.737. The van der Waals surface area contributed by atoms with E-state index in [4.69, 9.17) is 11.6 Å². The fourth-order valence-electron chi connectivity index (χ4n) is 3.24. The first kappa shape index (κ1) is 18.9. The number of halogens is 1. The molecule has 1 aliphatic heterocycles. The predicted molar refractivity (Wildman–Crippen MR) is 104 cm³/mol. The highest BCUT2D eigenvalue weighted by molar-refractivity contribution is 7.89. The molecule has 0 saturated carbocycles. The number of benzene rings is 2. The van der Waals surface area contributed by atoms with Crippen LogP contribution in [0.1, 0.15) is 27.9 Å². The number of nitrogens with zero attached hydrogens (tertiary/aromatic N) is 2. The minimum absolute atomic E-state index is 0.0530. The summed E-state index contributed by atoms with van der Waals surface area (Å²) in [5.74, 6) is -0.277. The van der Waals surface area contributed by atoms with Crippen molar-refractivity contribution in [2.45, 2.75) is 24.7 Å². The molecule has 0 aliphatic carbocycles. The molecule has 5 nitrogen and oxygen atoms in total. The van der Waals surface area contributed by atoms with Gasteiger partial charge in [-0.05, 0) is 49.1 Å². The molecule has 0 saturated heterocycles. The van der Waals surface area contributed by atoms with Gasteiger partial charge in [-0.25, -0.2) is 12.7 Å². The summed E-state index contributed by atoms with van der Waals surface area (Å²) in [6.45, 7) is 2.55. The Labute approximate surface area is 159 Å². The molecule has 0 unspecified atom stereocenters. The van der Waals surface area contributed by atoms with Gasteiger partial charge in [0.05, 0.1) is 21.2 Å². The van der Waals surface area contributed by atoms with E-state index in [1.54, 1.807) is 4.90 Å². The van der Waals surface area contributed by atoms with Crippen LogP contribution in [0.4, 0.5) is 5.69 Å². The van der Waals surface area contributed by atoms with Crippen LogP contribution in [-0.2, 0) is 16.4 Å². The maximum absolute atomic E-state index is 13.2. The Hall–Kier alpha value is -1.89. The van der Waals surface area contributed by atoms with E-state index in [1.807, 2.05) is 25.1 Å². The Balaban J connectivity index is 2.08. The summed E-state index contributed by atoms with van der Waals surface area (Å²) in [4.78, 5) is 15.0. The predicted octanol–water partition coefficient (Wildman–Crippen LogP) is 3.49. The molecular weight excluding hydrogens is 372 g/mol. The lowest BCUT2D eigenvalue weighted by Gasteiger charge is -2.31. The van der Waals surface area contributed by atoms with Crippen LogP contribution in [0.25, 0.3) is 0 Å². The summed E-state index contributed by atoms with van der Waals surface area (Å²) < 4.78 is 25.9.